The summed E-state index contributed by atoms with van der Waals surface area (Å²) in [7, 11) is 0. The molecule has 4 heteroatoms. The van der Waals surface area contributed by atoms with Gasteiger partial charge in [0.25, 0.3) is 0 Å². The lowest BCUT2D eigenvalue weighted by molar-refractivity contribution is 0.298. The highest BCUT2D eigenvalue weighted by molar-refractivity contribution is 6.31. The summed E-state index contributed by atoms with van der Waals surface area (Å²) < 4.78 is 0. The highest BCUT2D eigenvalue weighted by Gasteiger charge is 2.14. The first-order chi connectivity index (χ1) is 9.72. The number of rotatable bonds is 5. The van der Waals surface area contributed by atoms with Gasteiger partial charge in [-0.3, -0.25) is 0 Å². The second-order valence-corrected chi connectivity index (χ2v) is 6.23. The van der Waals surface area contributed by atoms with Crippen molar-refractivity contribution in [3.63, 3.8) is 0 Å². The van der Waals surface area contributed by atoms with Crippen LogP contribution in [0.3, 0.4) is 0 Å². The predicted molar refractivity (Wildman–Crippen MR) is 85.3 cm³/mol. The van der Waals surface area contributed by atoms with E-state index in [1.165, 1.54) is 36.9 Å². The van der Waals surface area contributed by atoms with Crippen LogP contribution < -0.4 is 5.32 Å². The molecule has 1 aromatic carbocycles. The quantitative estimate of drug-likeness (QED) is 0.885. The maximum atomic E-state index is 6.01. The monoisotopic (exact) mass is 291 g/mol. The molecule has 1 fully saturated rings. The van der Waals surface area contributed by atoms with E-state index >= 15 is 0 Å². The van der Waals surface area contributed by atoms with Crippen molar-refractivity contribution in [2.45, 2.75) is 32.4 Å². The zero-order valence-electron chi connectivity index (χ0n) is 12.0. The summed E-state index contributed by atoms with van der Waals surface area (Å²) in [6.45, 7) is 6.84. The third kappa shape index (κ3) is 3.17. The van der Waals surface area contributed by atoms with Gasteiger partial charge in [-0.15, -0.1) is 0 Å². The number of fused-ring (bicyclic) bond motifs is 1. The Balaban J connectivity index is 1.59. The van der Waals surface area contributed by atoms with Crippen molar-refractivity contribution in [2.75, 3.05) is 19.6 Å². The van der Waals surface area contributed by atoms with Gasteiger partial charge in [-0.05, 0) is 50.6 Å². The van der Waals surface area contributed by atoms with E-state index < -0.39 is 0 Å². The Morgan fingerprint density at radius 1 is 1.35 bits per heavy atom. The van der Waals surface area contributed by atoms with Gasteiger partial charge in [0.15, 0.2) is 0 Å². The first-order valence-electron chi connectivity index (χ1n) is 7.43. The fourth-order valence-corrected chi connectivity index (χ4v) is 3.18. The number of nitrogens with zero attached hydrogens (tertiary/aromatic N) is 1. The van der Waals surface area contributed by atoms with Crippen LogP contribution in [0.25, 0.3) is 10.9 Å². The van der Waals surface area contributed by atoms with Gasteiger partial charge in [0.2, 0.25) is 0 Å². The predicted octanol–water partition coefficient (Wildman–Crippen LogP) is 3.40. The fraction of sp³-hybridized carbons (Fsp3) is 0.500. The number of hydrogen-bond acceptors (Lipinski definition) is 2. The molecule has 1 aliphatic heterocycles. The number of H-pyrrole nitrogens is 1. The van der Waals surface area contributed by atoms with E-state index in [1.807, 2.05) is 12.1 Å². The largest absolute Gasteiger partial charge is 0.361 e. The van der Waals surface area contributed by atoms with Gasteiger partial charge in [0.1, 0.15) is 0 Å². The average Bonchev–Trinajstić information content (AvgIpc) is 3.05. The minimum absolute atomic E-state index is 0.519. The molecular weight excluding hydrogens is 270 g/mol. The topological polar surface area (TPSA) is 31.1 Å². The summed E-state index contributed by atoms with van der Waals surface area (Å²) in [5, 5.41) is 5.66. The van der Waals surface area contributed by atoms with E-state index in [2.05, 4.69) is 34.4 Å². The SMILES string of the molecule is CC(CN1CCCC1)NCc1c[nH]c2cc(Cl)ccc12. The second-order valence-electron chi connectivity index (χ2n) is 5.79. The van der Waals surface area contributed by atoms with Crippen LogP contribution in [0.1, 0.15) is 25.3 Å². The van der Waals surface area contributed by atoms with Crippen molar-refractivity contribution in [3.05, 3.63) is 35.0 Å². The van der Waals surface area contributed by atoms with Crippen molar-refractivity contribution in [3.8, 4) is 0 Å². The summed E-state index contributed by atoms with van der Waals surface area (Å²) in [5.74, 6) is 0. The second kappa shape index (κ2) is 6.17. The van der Waals surface area contributed by atoms with Crippen molar-refractivity contribution in [1.29, 1.82) is 0 Å². The molecule has 1 aliphatic rings. The number of halogens is 1. The van der Waals surface area contributed by atoms with Crippen LogP contribution in [-0.4, -0.2) is 35.6 Å². The van der Waals surface area contributed by atoms with E-state index in [0.29, 0.717) is 6.04 Å². The summed E-state index contributed by atoms with van der Waals surface area (Å²) in [6, 6.07) is 6.55. The number of aromatic amines is 1. The van der Waals surface area contributed by atoms with E-state index in [0.717, 1.165) is 23.6 Å². The van der Waals surface area contributed by atoms with Crippen LogP contribution >= 0.6 is 11.6 Å². The van der Waals surface area contributed by atoms with Gasteiger partial charge in [-0.25, -0.2) is 0 Å². The smallest absolute Gasteiger partial charge is 0.0472 e. The van der Waals surface area contributed by atoms with Gasteiger partial charge >= 0.3 is 0 Å². The lowest BCUT2D eigenvalue weighted by Gasteiger charge is -2.21. The maximum Gasteiger partial charge on any atom is 0.0472 e. The normalized spacial score (nSPS) is 17.9. The van der Waals surface area contributed by atoms with Crippen LogP contribution in [0.5, 0.6) is 0 Å². The van der Waals surface area contributed by atoms with Crippen molar-refractivity contribution in [1.82, 2.24) is 15.2 Å². The lowest BCUT2D eigenvalue weighted by atomic mass is 10.1. The van der Waals surface area contributed by atoms with E-state index in [4.69, 9.17) is 11.6 Å². The molecule has 0 radical (unpaired) electrons. The number of benzene rings is 1. The minimum atomic E-state index is 0.519. The van der Waals surface area contributed by atoms with Crippen LogP contribution in [0.4, 0.5) is 0 Å². The molecule has 108 valence electrons. The molecule has 0 bridgehead atoms. The van der Waals surface area contributed by atoms with Gasteiger partial charge in [-0.1, -0.05) is 17.7 Å². The van der Waals surface area contributed by atoms with Crippen molar-refractivity contribution in [2.24, 2.45) is 0 Å². The van der Waals surface area contributed by atoms with Crippen molar-refractivity contribution < 1.29 is 0 Å². The molecule has 20 heavy (non-hydrogen) atoms. The molecule has 1 saturated heterocycles. The third-order valence-electron chi connectivity index (χ3n) is 4.10. The lowest BCUT2D eigenvalue weighted by Crippen LogP contribution is -2.37. The fourth-order valence-electron chi connectivity index (χ4n) is 3.01. The Morgan fingerprint density at radius 2 is 2.15 bits per heavy atom. The molecule has 2 N–H and O–H groups in total. The number of hydrogen-bond donors (Lipinski definition) is 2. The summed E-state index contributed by atoms with van der Waals surface area (Å²) in [5.41, 5.74) is 2.42. The first kappa shape index (κ1) is 13.9. The van der Waals surface area contributed by atoms with Gasteiger partial charge in [-0.2, -0.15) is 0 Å². The molecule has 3 rings (SSSR count). The van der Waals surface area contributed by atoms with Crippen LogP contribution in [0.15, 0.2) is 24.4 Å². The molecule has 1 atom stereocenters. The first-order valence-corrected chi connectivity index (χ1v) is 7.81. The molecule has 1 unspecified atom stereocenters. The van der Waals surface area contributed by atoms with Crippen molar-refractivity contribution >= 4 is 22.5 Å². The highest BCUT2D eigenvalue weighted by atomic mass is 35.5. The summed E-state index contributed by atoms with van der Waals surface area (Å²) in [4.78, 5) is 5.84. The Bertz CT molecular complexity index is 572. The van der Waals surface area contributed by atoms with E-state index in [9.17, 15) is 0 Å². The summed E-state index contributed by atoms with van der Waals surface area (Å²) in [6.07, 6.45) is 4.79. The zero-order valence-corrected chi connectivity index (χ0v) is 12.7. The number of aromatic nitrogens is 1. The Hall–Kier alpha value is -1.03. The Kier molecular flexibility index (Phi) is 4.29. The molecule has 0 aliphatic carbocycles. The van der Waals surface area contributed by atoms with Crippen LogP contribution in [0, 0.1) is 0 Å². The molecule has 2 aromatic rings. The van der Waals surface area contributed by atoms with Crippen LogP contribution in [0.2, 0.25) is 5.02 Å². The van der Waals surface area contributed by atoms with Gasteiger partial charge in [0.05, 0.1) is 0 Å². The van der Waals surface area contributed by atoms with Gasteiger partial charge in [0, 0.05) is 41.3 Å². The van der Waals surface area contributed by atoms with E-state index in [1.54, 1.807) is 0 Å². The number of likely N-dealkylation sites (tertiary alicyclic amines) is 1. The Labute approximate surface area is 125 Å². The third-order valence-corrected chi connectivity index (χ3v) is 4.34. The van der Waals surface area contributed by atoms with E-state index in [-0.39, 0.29) is 0 Å². The molecule has 1 aromatic heterocycles. The molecule has 3 nitrogen and oxygen atoms in total. The molecular formula is C16H22ClN3. The zero-order chi connectivity index (χ0) is 13.9. The minimum Gasteiger partial charge on any atom is -0.361 e. The number of nitrogens with one attached hydrogen (secondary N) is 2. The maximum absolute atomic E-state index is 6.01. The molecule has 0 saturated carbocycles. The molecule has 0 spiro atoms. The molecule has 2 heterocycles. The Morgan fingerprint density at radius 3 is 2.95 bits per heavy atom. The van der Waals surface area contributed by atoms with Crippen LogP contribution in [-0.2, 0) is 6.54 Å². The standard InChI is InChI=1S/C16H22ClN3/c1-12(11-20-6-2-3-7-20)18-9-13-10-19-16-8-14(17)4-5-15(13)16/h4-5,8,10,12,18-19H,2-3,6-7,9,11H2,1H3. The highest BCUT2D eigenvalue weighted by Crippen LogP contribution is 2.22. The van der Waals surface area contributed by atoms with Gasteiger partial charge < -0.3 is 15.2 Å². The molecule has 0 amide bonds. The average molecular weight is 292 g/mol. The summed E-state index contributed by atoms with van der Waals surface area (Å²) >= 11 is 6.01.